The van der Waals surface area contributed by atoms with E-state index in [1.807, 2.05) is 0 Å². The van der Waals surface area contributed by atoms with Gasteiger partial charge < -0.3 is 15.9 Å². The van der Waals surface area contributed by atoms with E-state index >= 15 is 0 Å². The molecule has 2 aromatic heterocycles. The van der Waals surface area contributed by atoms with Crippen molar-refractivity contribution < 1.29 is 14.0 Å². The number of nitrogen functional groups attached to an aromatic ring is 1. The molecular weight excluding hydrogens is 330 g/mol. The van der Waals surface area contributed by atoms with Crippen molar-refractivity contribution in [2.75, 3.05) is 5.73 Å². The van der Waals surface area contributed by atoms with Crippen LogP contribution in [0.15, 0.2) is 55.6 Å². The van der Waals surface area contributed by atoms with Crippen LogP contribution >= 0.6 is 0 Å². The van der Waals surface area contributed by atoms with E-state index in [-0.39, 0.29) is 23.0 Å². The van der Waals surface area contributed by atoms with Crippen molar-refractivity contribution in [1.82, 2.24) is 10.3 Å². The standard InChI is InChI=1S/C14H11N7O4/c15-13(12-14(16)20-25-19-12)18-17-7-10-5-6-11(24-10)8-1-3-9(4-2-8)21(22)23/h1-7H,(H2,15,18)(H2,16,20)/b17-7+. The first-order valence-electron chi connectivity index (χ1n) is 6.84. The zero-order chi connectivity index (χ0) is 17.8. The van der Waals surface area contributed by atoms with Crippen LogP contribution in [-0.4, -0.2) is 27.3 Å². The van der Waals surface area contributed by atoms with Gasteiger partial charge in [0.05, 0.1) is 11.1 Å². The average Bonchev–Trinajstić information content (AvgIpc) is 3.24. The lowest BCUT2D eigenvalue weighted by Crippen LogP contribution is -2.15. The molecule has 25 heavy (non-hydrogen) atoms. The Balaban J connectivity index is 1.73. The van der Waals surface area contributed by atoms with Gasteiger partial charge >= 0.3 is 0 Å². The second kappa shape index (κ2) is 6.62. The van der Waals surface area contributed by atoms with Crippen LogP contribution < -0.4 is 11.5 Å². The van der Waals surface area contributed by atoms with Gasteiger partial charge in [-0.05, 0) is 34.6 Å². The number of amidine groups is 1. The largest absolute Gasteiger partial charge is 0.455 e. The molecule has 0 fully saturated rings. The molecule has 0 atom stereocenters. The van der Waals surface area contributed by atoms with E-state index in [4.69, 9.17) is 15.9 Å². The first-order chi connectivity index (χ1) is 12.0. The molecule has 11 heteroatoms. The van der Waals surface area contributed by atoms with Gasteiger partial charge in [-0.2, -0.15) is 5.10 Å². The minimum atomic E-state index is -0.469. The summed E-state index contributed by atoms with van der Waals surface area (Å²) in [5, 5.41) is 25.0. The number of nitrogens with zero attached hydrogens (tertiary/aromatic N) is 5. The lowest BCUT2D eigenvalue weighted by Gasteiger charge is -1.96. The maximum Gasteiger partial charge on any atom is 0.269 e. The Morgan fingerprint density at radius 2 is 1.96 bits per heavy atom. The summed E-state index contributed by atoms with van der Waals surface area (Å²) in [6.07, 6.45) is 1.34. The van der Waals surface area contributed by atoms with Gasteiger partial charge in [-0.25, -0.2) is 4.63 Å². The summed E-state index contributed by atoms with van der Waals surface area (Å²) in [5.74, 6) is 0.890. The number of nitrogens with two attached hydrogens (primary N) is 2. The number of hydrogen-bond acceptors (Lipinski definition) is 9. The fraction of sp³-hybridized carbons (Fsp3) is 0. The molecule has 1 aromatic carbocycles. The fourth-order valence-electron chi connectivity index (χ4n) is 1.89. The zero-order valence-electron chi connectivity index (χ0n) is 12.6. The molecule has 0 aliphatic heterocycles. The smallest absolute Gasteiger partial charge is 0.269 e. The molecule has 126 valence electrons. The van der Waals surface area contributed by atoms with Gasteiger partial charge in [0.2, 0.25) is 0 Å². The zero-order valence-corrected chi connectivity index (χ0v) is 12.6. The van der Waals surface area contributed by atoms with E-state index in [0.29, 0.717) is 17.1 Å². The molecule has 3 rings (SSSR count). The van der Waals surface area contributed by atoms with Crippen molar-refractivity contribution in [3.05, 3.63) is 58.0 Å². The molecule has 0 aliphatic carbocycles. The van der Waals surface area contributed by atoms with Gasteiger partial charge in [0.25, 0.3) is 5.69 Å². The molecule has 3 aromatic rings. The third-order valence-electron chi connectivity index (χ3n) is 3.10. The second-order valence-electron chi connectivity index (χ2n) is 4.73. The Morgan fingerprint density at radius 3 is 2.60 bits per heavy atom. The van der Waals surface area contributed by atoms with Gasteiger partial charge in [-0.3, -0.25) is 10.1 Å². The summed E-state index contributed by atoms with van der Waals surface area (Å²) in [7, 11) is 0. The van der Waals surface area contributed by atoms with Crippen LogP contribution in [0, 0.1) is 10.1 Å². The molecule has 2 heterocycles. The van der Waals surface area contributed by atoms with Gasteiger partial charge in [-0.1, -0.05) is 0 Å². The van der Waals surface area contributed by atoms with Crippen LogP contribution in [0.2, 0.25) is 0 Å². The van der Waals surface area contributed by atoms with E-state index in [1.165, 1.54) is 18.3 Å². The van der Waals surface area contributed by atoms with Gasteiger partial charge in [0.15, 0.2) is 17.3 Å². The van der Waals surface area contributed by atoms with E-state index < -0.39 is 4.92 Å². The van der Waals surface area contributed by atoms with Crippen LogP contribution in [0.3, 0.4) is 0 Å². The highest BCUT2D eigenvalue weighted by atomic mass is 16.6. The van der Waals surface area contributed by atoms with Crippen LogP contribution in [0.25, 0.3) is 11.3 Å². The predicted molar refractivity (Wildman–Crippen MR) is 87.8 cm³/mol. The third kappa shape index (κ3) is 3.50. The SMILES string of the molecule is N/C(=N\N=C\c1ccc(-c2ccc([N+](=O)[O-])cc2)o1)c1nonc1N. The molecule has 11 nitrogen and oxygen atoms in total. The van der Waals surface area contributed by atoms with Crippen LogP contribution in [0.4, 0.5) is 11.5 Å². The Kier molecular flexibility index (Phi) is 4.20. The number of benzene rings is 1. The van der Waals surface area contributed by atoms with E-state index in [9.17, 15) is 10.1 Å². The van der Waals surface area contributed by atoms with Crippen molar-refractivity contribution in [2.45, 2.75) is 0 Å². The van der Waals surface area contributed by atoms with Crippen LogP contribution in [0.5, 0.6) is 0 Å². The van der Waals surface area contributed by atoms with Crippen molar-refractivity contribution in [2.24, 2.45) is 15.9 Å². The van der Waals surface area contributed by atoms with Gasteiger partial charge in [-0.15, -0.1) is 5.10 Å². The highest BCUT2D eigenvalue weighted by Crippen LogP contribution is 2.24. The summed E-state index contributed by atoms with van der Waals surface area (Å²) in [5.41, 5.74) is 11.9. The lowest BCUT2D eigenvalue weighted by atomic mass is 10.1. The summed E-state index contributed by atoms with van der Waals surface area (Å²) < 4.78 is 9.97. The molecule has 0 spiro atoms. The molecular formula is C14H11N7O4. The molecule has 0 saturated heterocycles. The van der Waals surface area contributed by atoms with Crippen molar-refractivity contribution in [3.63, 3.8) is 0 Å². The molecule has 0 unspecified atom stereocenters. The fourth-order valence-corrected chi connectivity index (χ4v) is 1.89. The Bertz CT molecular complexity index is 956. The Labute approximate surface area is 139 Å². The number of aromatic nitrogens is 2. The summed E-state index contributed by atoms with van der Waals surface area (Å²) in [6.45, 7) is 0. The highest BCUT2D eigenvalue weighted by Gasteiger charge is 2.10. The predicted octanol–water partition coefficient (Wildman–Crippen LogP) is 1.56. The maximum atomic E-state index is 10.7. The van der Waals surface area contributed by atoms with Gasteiger partial charge in [0, 0.05) is 17.7 Å². The summed E-state index contributed by atoms with van der Waals surface area (Å²) >= 11 is 0. The Hall–Kier alpha value is -4.02. The summed E-state index contributed by atoms with van der Waals surface area (Å²) in [4.78, 5) is 10.2. The number of furan rings is 1. The molecule has 0 saturated carbocycles. The van der Waals surface area contributed by atoms with Crippen LogP contribution in [-0.2, 0) is 0 Å². The van der Waals surface area contributed by atoms with Crippen LogP contribution in [0.1, 0.15) is 11.5 Å². The van der Waals surface area contributed by atoms with Crippen molar-refractivity contribution in [3.8, 4) is 11.3 Å². The quantitative estimate of drug-likeness (QED) is 0.304. The first-order valence-corrected chi connectivity index (χ1v) is 6.84. The van der Waals surface area contributed by atoms with E-state index in [1.54, 1.807) is 24.3 Å². The maximum absolute atomic E-state index is 10.7. The lowest BCUT2D eigenvalue weighted by molar-refractivity contribution is -0.384. The minimum Gasteiger partial charge on any atom is -0.455 e. The molecule has 4 N–H and O–H groups in total. The number of nitro groups is 1. The second-order valence-corrected chi connectivity index (χ2v) is 4.73. The monoisotopic (exact) mass is 341 g/mol. The molecule has 0 aliphatic rings. The topological polar surface area (TPSA) is 172 Å². The molecule has 0 amide bonds. The minimum absolute atomic E-state index is 0.00326. The highest BCUT2D eigenvalue weighted by molar-refractivity contribution is 5.99. The number of rotatable bonds is 5. The number of nitro benzene ring substituents is 1. The average molecular weight is 341 g/mol. The van der Waals surface area contributed by atoms with Gasteiger partial charge in [0.1, 0.15) is 11.5 Å². The number of anilines is 1. The Morgan fingerprint density at radius 1 is 1.20 bits per heavy atom. The van der Waals surface area contributed by atoms with E-state index in [0.717, 1.165) is 0 Å². The first kappa shape index (κ1) is 15.9. The normalized spacial score (nSPS) is 11.9. The number of hydrogen-bond donors (Lipinski definition) is 2. The number of non-ortho nitro benzene ring substituents is 1. The molecule has 0 bridgehead atoms. The van der Waals surface area contributed by atoms with Crippen molar-refractivity contribution >= 4 is 23.6 Å². The summed E-state index contributed by atoms with van der Waals surface area (Å²) in [6, 6.07) is 9.34. The molecule has 0 radical (unpaired) electrons. The van der Waals surface area contributed by atoms with E-state index in [2.05, 4.69) is 25.1 Å². The third-order valence-corrected chi connectivity index (χ3v) is 3.10. The van der Waals surface area contributed by atoms with Crippen molar-refractivity contribution in [1.29, 1.82) is 0 Å².